The summed E-state index contributed by atoms with van der Waals surface area (Å²) in [5.74, 6) is -2.02. The molecule has 1 aliphatic rings. The number of halogens is 5. The van der Waals surface area contributed by atoms with Gasteiger partial charge < -0.3 is 0 Å². The third kappa shape index (κ3) is 6.32. The number of fused-ring (bicyclic) bond motifs is 1. The Bertz CT molecular complexity index is 1690. The van der Waals surface area contributed by atoms with Crippen molar-refractivity contribution in [1.29, 1.82) is 0 Å². The van der Waals surface area contributed by atoms with E-state index < -0.39 is 54.8 Å². The van der Waals surface area contributed by atoms with Gasteiger partial charge in [0.1, 0.15) is 0 Å². The number of carbonyl (C=O) groups excluding carboxylic acids is 3. The number of amides is 3. The van der Waals surface area contributed by atoms with E-state index in [0.717, 1.165) is 18.2 Å². The molecule has 0 bridgehead atoms. The number of hydrogen-bond acceptors (Lipinski definition) is 4. The first-order valence-electron chi connectivity index (χ1n) is 13.6. The second-order valence-corrected chi connectivity index (χ2v) is 12.5. The third-order valence-corrected chi connectivity index (χ3v) is 9.82. The third-order valence-electron chi connectivity index (χ3n) is 7.10. The zero-order chi connectivity index (χ0) is 31.6. The fourth-order valence-electron chi connectivity index (χ4n) is 5.09. The van der Waals surface area contributed by atoms with Crippen LogP contribution in [0, 0.1) is 5.82 Å². The number of nitrogens with one attached hydrogen (secondary N) is 2. The van der Waals surface area contributed by atoms with Gasteiger partial charge in [-0.2, -0.15) is 0 Å². The minimum atomic E-state index is -4.63. The number of rotatable bonds is 8. The van der Waals surface area contributed by atoms with Crippen molar-refractivity contribution in [3.8, 4) is 5.69 Å². The fraction of sp³-hybridized carbons (Fsp3) is 0.226. The van der Waals surface area contributed by atoms with Crippen LogP contribution in [0.3, 0.4) is 0 Å². The van der Waals surface area contributed by atoms with Gasteiger partial charge in [-0.3, -0.25) is 0 Å². The van der Waals surface area contributed by atoms with E-state index in [1.807, 2.05) is 30.3 Å². The normalized spacial score (nSPS) is 16.5. The van der Waals surface area contributed by atoms with Gasteiger partial charge in [0.05, 0.1) is 0 Å². The molecule has 1 aromatic heterocycles. The standard InChI is InChI=1S/C31H27F4IN5O3/c1-3-40-29-26(24(17-37-18(2)42)39-41(29)23-10-5-4-6-11-23)25(19-12-14-22(32)15-13-19)27(30(40)44)36-38-28(43)20-8-7-9-21(16-20)31(33,34)35/h4-16,25,27H,3,17H2,1-2H3,(H,37,42)(H,38,43)/q-1/t25-,27+/m0/s1. The summed E-state index contributed by atoms with van der Waals surface area (Å²) in [7, 11) is 0. The molecule has 1 aliphatic heterocycles. The Morgan fingerprint density at radius 3 is 2.34 bits per heavy atom. The molecule has 0 spiro atoms. The molecule has 0 radical (unpaired) electrons. The Labute approximate surface area is 261 Å². The summed E-state index contributed by atoms with van der Waals surface area (Å²) in [5, 5.41) is 7.60. The quantitative estimate of drug-likeness (QED) is 0.126. The maximum atomic E-state index is 14.2. The van der Waals surface area contributed by atoms with E-state index in [4.69, 9.17) is 5.10 Å². The number of para-hydroxylation sites is 1. The van der Waals surface area contributed by atoms with Crippen molar-refractivity contribution in [2.75, 3.05) is 11.4 Å². The number of anilines is 1. The van der Waals surface area contributed by atoms with Crippen LogP contribution in [-0.4, -0.2) is 38.0 Å². The second-order valence-electron chi connectivity index (χ2n) is 9.97. The Hall–Kier alpha value is -4.27. The molecular weight excluding hydrogens is 693 g/mol. The van der Waals surface area contributed by atoms with Crippen LogP contribution in [0.15, 0.2) is 78.9 Å². The summed E-state index contributed by atoms with van der Waals surface area (Å²) in [4.78, 5) is 40.8. The SMILES string of the molecule is CCN1C(=O)[C@H]([I-]NC(=O)c2cccc(C(F)(F)F)c2)[C@@H](c2ccc(F)cc2)c2c(CNC(C)=O)nn(-c3ccccc3)c21. The zero-order valence-corrected chi connectivity index (χ0v) is 25.7. The van der Waals surface area contributed by atoms with Crippen molar-refractivity contribution < 1.29 is 53.4 Å². The van der Waals surface area contributed by atoms with Crippen molar-refractivity contribution in [2.45, 2.75) is 36.4 Å². The number of aromatic nitrogens is 2. The van der Waals surface area contributed by atoms with Crippen molar-refractivity contribution >= 4 is 23.5 Å². The first-order chi connectivity index (χ1) is 21.0. The molecule has 230 valence electrons. The van der Waals surface area contributed by atoms with Gasteiger partial charge in [-0.15, -0.1) is 0 Å². The van der Waals surface area contributed by atoms with Gasteiger partial charge in [-0.25, -0.2) is 0 Å². The Morgan fingerprint density at radius 1 is 1.00 bits per heavy atom. The molecule has 2 N–H and O–H groups in total. The molecule has 2 heterocycles. The average molecular weight is 720 g/mol. The van der Waals surface area contributed by atoms with Crippen LogP contribution in [0.25, 0.3) is 5.69 Å². The van der Waals surface area contributed by atoms with Gasteiger partial charge in [0.25, 0.3) is 0 Å². The molecule has 0 unspecified atom stereocenters. The molecule has 3 aromatic carbocycles. The summed E-state index contributed by atoms with van der Waals surface area (Å²) < 4.78 is 57.5. The van der Waals surface area contributed by atoms with Gasteiger partial charge in [0, 0.05) is 0 Å². The molecule has 0 fully saturated rings. The molecule has 13 heteroatoms. The average Bonchev–Trinajstić information content (AvgIpc) is 3.38. The molecule has 44 heavy (non-hydrogen) atoms. The summed E-state index contributed by atoms with van der Waals surface area (Å²) in [6.07, 6.45) is -4.63. The molecule has 0 saturated heterocycles. The molecular formula is C31H27F4IN5O3-. The van der Waals surface area contributed by atoms with E-state index in [9.17, 15) is 31.9 Å². The summed E-state index contributed by atoms with van der Waals surface area (Å²) in [6.45, 7) is 3.47. The van der Waals surface area contributed by atoms with Crippen LogP contribution in [0.2, 0.25) is 0 Å². The number of carbonyl (C=O) groups is 3. The molecule has 2 atom stereocenters. The van der Waals surface area contributed by atoms with Crippen LogP contribution in [-0.2, 0) is 22.3 Å². The van der Waals surface area contributed by atoms with E-state index in [1.54, 1.807) is 28.6 Å². The summed E-state index contributed by atoms with van der Waals surface area (Å²) >= 11 is -1.55. The zero-order valence-electron chi connectivity index (χ0n) is 23.5. The van der Waals surface area contributed by atoms with Crippen LogP contribution in [0.1, 0.15) is 52.5 Å². The Balaban J connectivity index is 1.62. The van der Waals surface area contributed by atoms with E-state index in [-0.39, 0.29) is 30.5 Å². The first-order valence-corrected chi connectivity index (χ1v) is 15.9. The van der Waals surface area contributed by atoms with Gasteiger partial charge in [0.15, 0.2) is 0 Å². The van der Waals surface area contributed by atoms with Crippen LogP contribution in [0.4, 0.5) is 23.4 Å². The predicted octanol–water partition coefficient (Wildman–Crippen LogP) is 1.97. The first kappa shape index (κ1) is 31.2. The van der Waals surface area contributed by atoms with Crippen molar-refractivity contribution in [3.63, 3.8) is 0 Å². The van der Waals surface area contributed by atoms with E-state index in [1.165, 1.54) is 25.1 Å². The number of benzene rings is 3. The Kier molecular flexibility index (Phi) is 9.04. The minimum absolute atomic E-state index is 0.0442. The van der Waals surface area contributed by atoms with Gasteiger partial charge in [-0.05, 0) is 0 Å². The van der Waals surface area contributed by atoms with Crippen molar-refractivity contribution in [1.82, 2.24) is 18.6 Å². The molecule has 3 amide bonds. The molecule has 8 nitrogen and oxygen atoms in total. The number of nitrogens with zero attached hydrogens (tertiary/aromatic N) is 3. The molecule has 4 aromatic rings. The fourth-order valence-corrected chi connectivity index (χ4v) is 7.76. The Morgan fingerprint density at radius 2 is 1.70 bits per heavy atom. The van der Waals surface area contributed by atoms with Gasteiger partial charge >= 0.3 is 262 Å². The topological polar surface area (TPSA) is 96.3 Å². The molecule has 5 rings (SSSR count). The summed E-state index contributed by atoms with van der Waals surface area (Å²) in [6, 6.07) is 18.9. The predicted molar refractivity (Wildman–Crippen MR) is 150 cm³/mol. The van der Waals surface area contributed by atoms with E-state index >= 15 is 0 Å². The summed E-state index contributed by atoms with van der Waals surface area (Å²) in [5.41, 5.74) is 1.24. The second kappa shape index (κ2) is 12.8. The van der Waals surface area contributed by atoms with Crippen LogP contribution >= 0.6 is 0 Å². The molecule has 0 aliphatic carbocycles. The van der Waals surface area contributed by atoms with Gasteiger partial charge in [0.2, 0.25) is 0 Å². The van der Waals surface area contributed by atoms with Crippen molar-refractivity contribution in [3.05, 3.63) is 113 Å². The van der Waals surface area contributed by atoms with Crippen molar-refractivity contribution in [2.24, 2.45) is 0 Å². The monoisotopic (exact) mass is 720 g/mol. The maximum absolute atomic E-state index is 14.2. The molecule has 0 saturated carbocycles. The van der Waals surface area contributed by atoms with Crippen LogP contribution in [0.5, 0.6) is 0 Å². The van der Waals surface area contributed by atoms with E-state index in [0.29, 0.717) is 28.3 Å². The number of hydrogen-bond donors (Lipinski definition) is 2. The van der Waals surface area contributed by atoms with Crippen LogP contribution < -0.4 is 35.2 Å². The van der Waals surface area contributed by atoms with E-state index in [2.05, 4.69) is 8.85 Å². The van der Waals surface area contributed by atoms with Gasteiger partial charge in [-0.1, -0.05) is 0 Å². The number of alkyl halides is 4.